The van der Waals surface area contributed by atoms with E-state index < -0.39 is 11.9 Å². The zero-order valence-electron chi connectivity index (χ0n) is 55.7. The van der Waals surface area contributed by atoms with Gasteiger partial charge in [0.15, 0.2) is 0 Å². The number of aliphatic carboxylic acids is 2. The van der Waals surface area contributed by atoms with Gasteiger partial charge in [-0.1, -0.05) is 412 Å². The molecule has 0 amide bonds. The first-order valence-corrected chi connectivity index (χ1v) is 37.5. The number of carbonyl (C=O) groups is 2. The van der Waals surface area contributed by atoms with Crippen molar-refractivity contribution in [2.24, 2.45) is 11.8 Å². The lowest BCUT2D eigenvalue weighted by molar-refractivity contribution is -0.143. The van der Waals surface area contributed by atoms with Gasteiger partial charge in [-0.15, -0.1) is 0 Å². The largest absolute Gasteiger partial charge is 0.481 e. The van der Waals surface area contributed by atoms with Crippen LogP contribution in [0.1, 0.15) is 451 Å². The third-order valence-corrected chi connectivity index (χ3v) is 18.0. The van der Waals surface area contributed by atoms with Gasteiger partial charge in [-0.25, -0.2) is 0 Å². The Morgan fingerprint density at radius 3 is 0.475 bits per heavy atom. The maximum atomic E-state index is 11.7. The summed E-state index contributed by atoms with van der Waals surface area (Å²) in [6.07, 6.45) is 92.6. The Morgan fingerprint density at radius 1 is 0.212 bits per heavy atom. The maximum Gasteiger partial charge on any atom is 0.306 e. The minimum Gasteiger partial charge on any atom is -0.481 e. The van der Waals surface area contributed by atoms with Gasteiger partial charge >= 0.3 is 11.9 Å². The summed E-state index contributed by atoms with van der Waals surface area (Å²) < 4.78 is 0. The Kier molecular flexibility index (Phi) is 74.5. The molecule has 2 atom stereocenters. The third kappa shape index (κ3) is 70.9. The van der Waals surface area contributed by atoms with Crippen molar-refractivity contribution in [2.75, 3.05) is 0 Å². The van der Waals surface area contributed by atoms with Gasteiger partial charge in [0.05, 0.1) is 11.8 Å². The molecule has 0 aromatic rings. The topological polar surface area (TPSA) is 74.6 Å². The Bertz CT molecular complexity index is 1160. The predicted octanol–water partition coefficient (Wildman–Crippen LogP) is 27.8. The monoisotopic (exact) mass is 1130 g/mol. The summed E-state index contributed by atoms with van der Waals surface area (Å²) in [5, 5.41) is 19.2. The summed E-state index contributed by atoms with van der Waals surface area (Å²) in [6, 6.07) is 0. The molecule has 2 unspecified atom stereocenters. The van der Waals surface area contributed by atoms with E-state index in [0.29, 0.717) is 0 Å². The number of carboxylic acids is 2. The smallest absolute Gasteiger partial charge is 0.306 e. The van der Waals surface area contributed by atoms with Crippen LogP contribution in [-0.2, 0) is 9.59 Å². The summed E-state index contributed by atoms with van der Waals surface area (Å²) in [5.41, 5.74) is 0. The number of allylic oxidation sites excluding steroid dienone is 2. The second-order valence-corrected chi connectivity index (χ2v) is 26.1. The number of hydrogen-bond acceptors (Lipinski definition) is 2. The molecule has 80 heavy (non-hydrogen) atoms. The van der Waals surface area contributed by atoms with Crippen molar-refractivity contribution < 1.29 is 19.8 Å². The molecule has 4 heteroatoms. The predicted molar refractivity (Wildman–Crippen MR) is 359 cm³/mol. The van der Waals surface area contributed by atoms with Crippen LogP contribution in [0.15, 0.2) is 12.2 Å². The quantitative estimate of drug-likeness (QED) is 0.0470. The van der Waals surface area contributed by atoms with Crippen LogP contribution < -0.4 is 0 Å². The van der Waals surface area contributed by atoms with E-state index >= 15 is 0 Å². The van der Waals surface area contributed by atoms with Crippen molar-refractivity contribution in [3.05, 3.63) is 12.2 Å². The molecule has 0 fully saturated rings. The molecule has 0 saturated carbocycles. The third-order valence-electron chi connectivity index (χ3n) is 18.0. The van der Waals surface area contributed by atoms with Crippen LogP contribution in [-0.4, -0.2) is 22.2 Å². The van der Waals surface area contributed by atoms with Crippen molar-refractivity contribution in [3.8, 4) is 0 Å². The van der Waals surface area contributed by atoms with Crippen molar-refractivity contribution in [2.45, 2.75) is 451 Å². The summed E-state index contributed by atoms with van der Waals surface area (Å²) in [6.45, 7) is 9.14. The van der Waals surface area contributed by atoms with Crippen LogP contribution in [0.3, 0.4) is 0 Å². The average molecular weight is 1130 g/mol. The molecule has 0 radical (unpaired) electrons. The molecule has 0 rings (SSSR count). The van der Waals surface area contributed by atoms with E-state index in [1.165, 1.54) is 372 Å². The molecule has 0 heterocycles. The molecule has 478 valence electrons. The highest BCUT2D eigenvalue weighted by Gasteiger charge is 2.17. The Morgan fingerprint density at radius 2 is 0.338 bits per heavy atom. The molecule has 4 nitrogen and oxygen atoms in total. The lowest BCUT2D eigenvalue weighted by atomic mass is 9.94. The van der Waals surface area contributed by atoms with Gasteiger partial charge in [0.2, 0.25) is 0 Å². The molecule has 0 aromatic heterocycles. The van der Waals surface area contributed by atoms with E-state index in [-0.39, 0.29) is 11.8 Å². The van der Waals surface area contributed by atoms with E-state index in [1.807, 2.05) is 0 Å². The second kappa shape index (κ2) is 73.8. The highest BCUT2D eigenvalue weighted by Crippen LogP contribution is 2.23. The van der Waals surface area contributed by atoms with Crippen molar-refractivity contribution in [3.63, 3.8) is 0 Å². The van der Waals surface area contributed by atoms with Gasteiger partial charge in [-0.05, 0) is 51.4 Å². The average Bonchev–Trinajstić information content (AvgIpc) is 3.45. The van der Waals surface area contributed by atoms with Crippen LogP contribution in [0, 0.1) is 11.8 Å². The summed E-state index contributed by atoms with van der Waals surface area (Å²) >= 11 is 0. The van der Waals surface area contributed by atoms with Gasteiger partial charge < -0.3 is 10.2 Å². The van der Waals surface area contributed by atoms with Crippen LogP contribution in [0.5, 0.6) is 0 Å². The van der Waals surface area contributed by atoms with Gasteiger partial charge in [0.25, 0.3) is 0 Å². The van der Waals surface area contributed by atoms with E-state index in [9.17, 15) is 19.8 Å². The van der Waals surface area contributed by atoms with E-state index in [0.717, 1.165) is 51.4 Å². The summed E-state index contributed by atoms with van der Waals surface area (Å²) in [5.74, 6) is -1.33. The second-order valence-electron chi connectivity index (χ2n) is 26.1. The lowest BCUT2D eigenvalue weighted by Crippen LogP contribution is -2.13. The first kappa shape index (κ1) is 80.7. The van der Waals surface area contributed by atoms with Gasteiger partial charge in [-0.2, -0.15) is 0 Å². The molecule has 0 bridgehead atoms. The molecular weight excluding hydrogens is 977 g/mol. The zero-order valence-corrected chi connectivity index (χ0v) is 55.7. The normalized spacial score (nSPS) is 12.3. The fourth-order valence-corrected chi connectivity index (χ4v) is 12.2. The van der Waals surface area contributed by atoms with Crippen molar-refractivity contribution in [1.82, 2.24) is 0 Å². The van der Waals surface area contributed by atoms with Gasteiger partial charge in [-0.3, -0.25) is 9.59 Å². The number of hydrogen-bond donors (Lipinski definition) is 2. The van der Waals surface area contributed by atoms with Crippen LogP contribution in [0.2, 0.25) is 0 Å². The minimum absolute atomic E-state index is 0.0993. The number of unbranched alkanes of at least 4 members (excludes halogenated alkanes) is 57. The molecule has 0 spiro atoms. The lowest BCUT2D eigenvalue weighted by Gasteiger charge is -2.12. The van der Waals surface area contributed by atoms with Crippen LogP contribution >= 0.6 is 0 Å². The van der Waals surface area contributed by atoms with Crippen molar-refractivity contribution in [1.29, 1.82) is 0 Å². The molecule has 0 aromatic carbocycles. The van der Waals surface area contributed by atoms with E-state index in [4.69, 9.17) is 0 Å². The van der Waals surface area contributed by atoms with Gasteiger partial charge in [0, 0.05) is 0 Å². The molecule has 0 aliphatic rings. The first-order valence-electron chi connectivity index (χ1n) is 37.5. The highest BCUT2D eigenvalue weighted by atomic mass is 16.4. The molecule has 0 aliphatic carbocycles. The Hall–Kier alpha value is -1.32. The maximum absolute atomic E-state index is 11.7. The minimum atomic E-state index is -0.566. The fraction of sp³-hybridized carbons (Fsp3) is 0.947. The number of carboxylic acid groups (broad SMARTS) is 2. The molecule has 0 saturated heterocycles. The van der Waals surface area contributed by atoms with Gasteiger partial charge in [0.1, 0.15) is 0 Å². The summed E-state index contributed by atoms with van der Waals surface area (Å²) in [7, 11) is 0. The molecule has 0 aliphatic heterocycles. The van der Waals surface area contributed by atoms with E-state index in [2.05, 4.69) is 39.8 Å². The van der Waals surface area contributed by atoms with Crippen LogP contribution in [0.25, 0.3) is 0 Å². The van der Waals surface area contributed by atoms with E-state index in [1.54, 1.807) is 0 Å². The summed E-state index contributed by atoms with van der Waals surface area (Å²) in [4.78, 5) is 23.4. The Balaban J connectivity index is 0. The first-order chi connectivity index (χ1) is 39.4. The van der Waals surface area contributed by atoms with Crippen LogP contribution in [0.4, 0.5) is 0 Å². The highest BCUT2D eigenvalue weighted by molar-refractivity contribution is 5.70. The Labute approximate surface area is 504 Å². The zero-order chi connectivity index (χ0) is 58.4. The number of rotatable bonds is 69. The fourth-order valence-electron chi connectivity index (χ4n) is 12.2. The molecular formula is C76H150O4. The standard InChI is InChI=1S/C40H80O2.C36H70O2/c1-3-5-7-9-11-13-15-17-19-21-22-24-26-28-30-32-34-36-38-39(40(41)42)37-35-33-31-29-27-25-23-20-18-16-14-12-10-8-6-4-2;1-3-5-7-9-11-13-15-17-19-20-22-24-26-28-30-32-34-35(36(37)38)33-31-29-27-25-23-21-18-16-14-12-10-8-6-4-2/h39H,3-38H2,1-2H3,(H,41,42);18,21,35H,3-17,19-20,22-34H2,1-2H3,(H,37,38)/b;21-18-. The molecule has 2 N–H and O–H groups in total. The van der Waals surface area contributed by atoms with Crippen molar-refractivity contribution >= 4 is 11.9 Å². The SMILES string of the molecule is CCCCCCCC/C=C\CCCCCCC(CCCCCCCCCCCCCCCCCC)C(=O)O.CCCCCCCCCCCCCCCCCCCCC(CCCCCCCCCCCCCCCCCC)C(=O)O.